The molecule has 0 amide bonds. The van der Waals surface area contributed by atoms with Gasteiger partial charge < -0.3 is 15.7 Å². The molecule has 25 heavy (non-hydrogen) atoms. The Morgan fingerprint density at radius 3 is 2.64 bits per heavy atom. The molecule has 3 N–H and O–H groups in total. The van der Waals surface area contributed by atoms with E-state index in [1.54, 1.807) is 30.6 Å². The minimum atomic E-state index is -0.0178. The first-order valence-electron chi connectivity index (χ1n) is 7.52. The van der Waals surface area contributed by atoms with Gasteiger partial charge in [-0.2, -0.15) is 4.98 Å². The molecule has 2 heterocycles. The second kappa shape index (κ2) is 8.11. The van der Waals surface area contributed by atoms with Gasteiger partial charge in [-0.3, -0.25) is 4.98 Å². The third-order valence-electron chi connectivity index (χ3n) is 3.27. The maximum atomic E-state index is 9.00. The average Bonchev–Trinajstić information content (AvgIpc) is 2.63. The Kier molecular flexibility index (Phi) is 5.65. The van der Waals surface area contributed by atoms with Crippen LogP contribution in [0.3, 0.4) is 0 Å². The van der Waals surface area contributed by atoms with Crippen molar-refractivity contribution in [1.29, 1.82) is 0 Å². The van der Waals surface area contributed by atoms with Gasteiger partial charge in [0.2, 0.25) is 5.95 Å². The smallest absolute Gasteiger partial charge is 0.225 e. The third-order valence-corrected chi connectivity index (χ3v) is 4.01. The molecule has 2 aromatic heterocycles. The van der Waals surface area contributed by atoms with Gasteiger partial charge in [0, 0.05) is 36.3 Å². The lowest BCUT2D eigenvalue weighted by atomic mass is 10.2. The molecule has 0 spiro atoms. The van der Waals surface area contributed by atoms with Gasteiger partial charge >= 0.3 is 0 Å². The molecule has 0 saturated heterocycles. The van der Waals surface area contributed by atoms with Crippen LogP contribution >= 0.6 is 23.2 Å². The molecular formula is C17H15Cl2N5O. The van der Waals surface area contributed by atoms with Gasteiger partial charge in [-0.05, 0) is 30.3 Å². The van der Waals surface area contributed by atoms with Crippen LogP contribution in [0.1, 0.15) is 0 Å². The summed E-state index contributed by atoms with van der Waals surface area (Å²) in [5.74, 6) is 0.977. The van der Waals surface area contributed by atoms with Crippen molar-refractivity contribution >= 4 is 40.7 Å². The van der Waals surface area contributed by atoms with Crippen LogP contribution in [0.2, 0.25) is 10.0 Å². The van der Waals surface area contributed by atoms with Crippen LogP contribution in [0.5, 0.6) is 0 Å². The molecule has 0 aliphatic heterocycles. The van der Waals surface area contributed by atoms with Crippen LogP contribution < -0.4 is 10.6 Å². The fourth-order valence-corrected chi connectivity index (χ4v) is 2.44. The lowest BCUT2D eigenvalue weighted by Gasteiger charge is -2.11. The number of aromatic nitrogens is 3. The van der Waals surface area contributed by atoms with Gasteiger partial charge in [-0.1, -0.05) is 23.2 Å². The Morgan fingerprint density at radius 2 is 1.92 bits per heavy atom. The van der Waals surface area contributed by atoms with Crippen molar-refractivity contribution in [3.05, 3.63) is 58.8 Å². The molecule has 0 unspecified atom stereocenters. The van der Waals surface area contributed by atoms with E-state index in [1.807, 2.05) is 18.2 Å². The number of aliphatic hydroxyl groups is 1. The van der Waals surface area contributed by atoms with Crippen LogP contribution in [0.25, 0.3) is 11.3 Å². The molecule has 6 nitrogen and oxygen atoms in total. The van der Waals surface area contributed by atoms with E-state index in [4.69, 9.17) is 28.3 Å². The van der Waals surface area contributed by atoms with Crippen LogP contribution in [0.4, 0.5) is 17.5 Å². The molecular weight excluding hydrogens is 361 g/mol. The van der Waals surface area contributed by atoms with E-state index < -0.39 is 0 Å². The number of hydrogen-bond donors (Lipinski definition) is 3. The topological polar surface area (TPSA) is 83.0 Å². The zero-order chi connectivity index (χ0) is 17.6. The highest BCUT2D eigenvalue weighted by atomic mass is 35.5. The van der Waals surface area contributed by atoms with Crippen molar-refractivity contribution in [3.63, 3.8) is 0 Å². The number of pyridine rings is 1. The van der Waals surface area contributed by atoms with Gasteiger partial charge in [0.1, 0.15) is 5.82 Å². The first-order chi connectivity index (χ1) is 12.2. The van der Waals surface area contributed by atoms with Crippen molar-refractivity contribution in [1.82, 2.24) is 15.0 Å². The molecule has 1 aromatic carbocycles. The molecule has 0 atom stereocenters. The van der Waals surface area contributed by atoms with E-state index in [-0.39, 0.29) is 6.61 Å². The maximum absolute atomic E-state index is 9.00. The summed E-state index contributed by atoms with van der Waals surface area (Å²) in [5.41, 5.74) is 2.30. The number of aliphatic hydroxyl groups excluding tert-OH is 1. The maximum Gasteiger partial charge on any atom is 0.225 e. The SMILES string of the molecule is OCCNc1nc(Nc2ccc(Cl)c(Cl)c2)cc(-c2cccnc2)n1. The summed E-state index contributed by atoms with van der Waals surface area (Å²) < 4.78 is 0. The average molecular weight is 376 g/mol. The van der Waals surface area contributed by atoms with Gasteiger partial charge in [0.15, 0.2) is 0 Å². The second-order valence-electron chi connectivity index (χ2n) is 5.11. The Hall–Kier alpha value is -2.41. The molecule has 0 saturated carbocycles. The van der Waals surface area contributed by atoms with E-state index >= 15 is 0 Å². The molecule has 128 valence electrons. The zero-order valence-corrected chi connectivity index (χ0v) is 14.6. The van der Waals surface area contributed by atoms with E-state index in [0.29, 0.717) is 34.1 Å². The fraction of sp³-hybridized carbons (Fsp3) is 0.118. The Balaban J connectivity index is 1.95. The first-order valence-corrected chi connectivity index (χ1v) is 8.27. The number of nitrogens with zero attached hydrogens (tertiary/aromatic N) is 3. The van der Waals surface area contributed by atoms with Gasteiger partial charge in [0.25, 0.3) is 0 Å². The molecule has 0 bridgehead atoms. The van der Waals surface area contributed by atoms with E-state index in [9.17, 15) is 0 Å². The van der Waals surface area contributed by atoms with Gasteiger partial charge in [-0.15, -0.1) is 0 Å². The lowest BCUT2D eigenvalue weighted by Crippen LogP contribution is -2.10. The Bertz CT molecular complexity index is 861. The summed E-state index contributed by atoms with van der Waals surface area (Å²) in [6.45, 7) is 0.332. The predicted octanol–water partition coefficient (Wildman–Crippen LogP) is 3.99. The number of nitrogens with one attached hydrogen (secondary N) is 2. The predicted molar refractivity (Wildman–Crippen MR) is 101 cm³/mol. The van der Waals surface area contributed by atoms with Crippen LogP contribution in [-0.4, -0.2) is 33.2 Å². The molecule has 3 rings (SSSR count). The van der Waals surface area contributed by atoms with E-state index in [2.05, 4.69) is 25.6 Å². The largest absolute Gasteiger partial charge is 0.395 e. The minimum absolute atomic E-state index is 0.0178. The molecule has 8 heteroatoms. The number of benzene rings is 1. The normalized spacial score (nSPS) is 10.5. The van der Waals surface area contributed by atoms with E-state index in [1.165, 1.54) is 0 Å². The summed E-state index contributed by atoms with van der Waals surface area (Å²) in [6, 6.07) is 10.8. The highest BCUT2D eigenvalue weighted by Gasteiger charge is 2.08. The monoisotopic (exact) mass is 375 g/mol. The summed E-state index contributed by atoms with van der Waals surface area (Å²) in [5, 5.41) is 16.1. The summed E-state index contributed by atoms with van der Waals surface area (Å²) in [6.07, 6.45) is 3.42. The molecule has 3 aromatic rings. The third kappa shape index (κ3) is 4.57. The minimum Gasteiger partial charge on any atom is -0.395 e. The van der Waals surface area contributed by atoms with E-state index in [0.717, 1.165) is 11.3 Å². The summed E-state index contributed by atoms with van der Waals surface area (Å²) >= 11 is 12.0. The molecule has 0 aliphatic carbocycles. The van der Waals surface area contributed by atoms with Gasteiger partial charge in [0.05, 0.1) is 22.3 Å². The second-order valence-corrected chi connectivity index (χ2v) is 5.92. The Labute approximate surface area is 154 Å². The number of halogens is 2. The summed E-state index contributed by atoms with van der Waals surface area (Å²) in [7, 11) is 0. The van der Waals surface area contributed by atoms with Crippen LogP contribution in [0.15, 0.2) is 48.8 Å². The highest BCUT2D eigenvalue weighted by Crippen LogP contribution is 2.28. The van der Waals surface area contributed by atoms with Crippen molar-refractivity contribution in [3.8, 4) is 11.3 Å². The number of anilines is 3. The summed E-state index contributed by atoms with van der Waals surface area (Å²) in [4.78, 5) is 13.0. The number of hydrogen-bond acceptors (Lipinski definition) is 6. The van der Waals surface area contributed by atoms with Crippen LogP contribution in [0, 0.1) is 0 Å². The highest BCUT2D eigenvalue weighted by molar-refractivity contribution is 6.42. The lowest BCUT2D eigenvalue weighted by molar-refractivity contribution is 0.311. The van der Waals surface area contributed by atoms with Crippen LogP contribution in [-0.2, 0) is 0 Å². The quantitative estimate of drug-likeness (QED) is 0.603. The fourth-order valence-electron chi connectivity index (χ4n) is 2.14. The molecule has 0 fully saturated rings. The van der Waals surface area contributed by atoms with Crippen molar-refractivity contribution in [2.24, 2.45) is 0 Å². The Morgan fingerprint density at radius 1 is 1.04 bits per heavy atom. The van der Waals surface area contributed by atoms with Crippen molar-refractivity contribution in [2.45, 2.75) is 0 Å². The molecule has 0 aliphatic rings. The molecule has 0 radical (unpaired) electrons. The number of rotatable bonds is 6. The zero-order valence-electron chi connectivity index (χ0n) is 13.1. The van der Waals surface area contributed by atoms with Gasteiger partial charge in [-0.25, -0.2) is 4.98 Å². The van der Waals surface area contributed by atoms with Crippen molar-refractivity contribution < 1.29 is 5.11 Å². The van der Waals surface area contributed by atoms with Crippen molar-refractivity contribution in [2.75, 3.05) is 23.8 Å². The standard InChI is InChI=1S/C17H15Cl2N5O/c18-13-4-3-12(8-14(13)19)22-16-9-15(11-2-1-5-20-10-11)23-17(24-16)21-6-7-25/h1-5,8-10,25H,6-7H2,(H2,21,22,23,24). The first kappa shape index (κ1) is 17.4.